The Kier molecular flexibility index (Phi) is 2.63. The molecule has 0 saturated carbocycles. The fraction of sp³-hybridized carbons (Fsp3) is 0.667. The second kappa shape index (κ2) is 3.30. The highest BCUT2D eigenvalue weighted by Gasteiger charge is 2.05. The van der Waals surface area contributed by atoms with Crippen LogP contribution in [0.3, 0.4) is 0 Å². The van der Waals surface area contributed by atoms with Crippen molar-refractivity contribution in [1.29, 1.82) is 0 Å². The van der Waals surface area contributed by atoms with E-state index in [1.807, 2.05) is 0 Å². The summed E-state index contributed by atoms with van der Waals surface area (Å²) in [4.78, 5) is 4.20. The number of hydrogen-bond acceptors (Lipinski definition) is 3. The van der Waals surface area contributed by atoms with Crippen LogP contribution in [-0.2, 0) is 5.88 Å². The average Bonchev–Trinajstić information content (AvgIpc) is 2.34. The van der Waals surface area contributed by atoms with Gasteiger partial charge in [-0.3, -0.25) is 0 Å². The van der Waals surface area contributed by atoms with E-state index in [-0.39, 0.29) is 0 Å². The van der Waals surface area contributed by atoms with Crippen LogP contribution in [-0.4, -0.2) is 9.36 Å². The van der Waals surface area contributed by atoms with Crippen LogP contribution in [0, 0.1) is 0 Å². The van der Waals surface area contributed by atoms with Crippen molar-refractivity contribution in [3.8, 4) is 0 Å². The molecule has 0 amide bonds. The fourth-order valence-corrected chi connectivity index (χ4v) is 1.40. The smallest absolute Gasteiger partial charge is 0.145 e. The zero-order valence-corrected chi connectivity index (χ0v) is 7.54. The number of aromatic nitrogens is 2. The van der Waals surface area contributed by atoms with Crippen LogP contribution in [0.15, 0.2) is 0 Å². The molecule has 0 fully saturated rings. The SMILES string of the molecule is CC(C)c1nsc(CCl)n1. The van der Waals surface area contributed by atoms with Gasteiger partial charge in [-0.1, -0.05) is 13.8 Å². The molecular formula is C6H9ClN2S. The molecule has 0 aromatic carbocycles. The van der Waals surface area contributed by atoms with Crippen molar-refractivity contribution in [1.82, 2.24) is 9.36 Å². The molecular weight excluding hydrogens is 168 g/mol. The lowest BCUT2D eigenvalue weighted by atomic mass is 10.2. The minimum Gasteiger partial charge on any atom is -0.223 e. The van der Waals surface area contributed by atoms with E-state index in [0.29, 0.717) is 11.8 Å². The molecule has 0 saturated heterocycles. The van der Waals surface area contributed by atoms with Crippen molar-refractivity contribution in [2.24, 2.45) is 0 Å². The van der Waals surface area contributed by atoms with Crippen molar-refractivity contribution in [3.05, 3.63) is 10.8 Å². The quantitative estimate of drug-likeness (QED) is 0.647. The first-order valence-electron chi connectivity index (χ1n) is 3.12. The van der Waals surface area contributed by atoms with E-state index in [0.717, 1.165) is 10.8 Å². The van der Waals surface area contributed by atoms with Gasteiger partial charge in [0.25, 0.3) is 0 Å². The van der Waals surface area contributed by atoms with Gasteiger partial charge in [0.15, 0.2) is 0 Å². The van der Waals surface area contributed by atoms with Crippen LogP contribution >= 0.6 is 23.1 Å². The van der Waals surface area contributed by atoms with Gasteiger partial charge in [-0.25, -0.2) is 4.98 Å². The fourth-order valence-electron chi connectivity index (χ4n) is 0.557. The van der Waals surface area contributed by atoms with Crippen molar-refractivity contribution in [2.75, 3.05) is 0 Å². The molecule has 0 aliphatic rings. The third-order valence-corrected chi connectivity index (χ3v) is 2.25. The molecule has 0 atom stereocenters. The van der Waals surface area contributed by atoms with E-state index in [2.05, 4.69) is 23.2 Å². The van der Waals surface area contributed by atoms with Crippen LogP contribution in [0.25, 0.3) is 0 Å². The largest absolute Gasteiger partial charge is 0.223 e. The summed E-state index contributed by atoms with van der Waals surface area (Å²) in [6.07, 6.45) is 0. The first kappa shape index (κ1) is 7.95. The van der Waals surface area contributed by atoms with Crippen LogP contribution in [0.2, 0.25) is 0 Å². The predicted octanol–water partition coefficient (Wildman–Crippen LogP) is 2.40. The molecule has 0 aliphatic heterocycles. The normalized spacial score (nSPS) is 10.8. The van der Waals surface area contributed by atoms with E-state index in [1.54, 1.807) is 0 Å². The molecule has 0 unspecified atom stereocenters. The highest BCUT2D eigenvalue weighted by atomic mass is 35.5. The van der Waals surface area contributed by atoms with Gasteiger partial charge in [0.05, 0.1) is 5.88 Å². The molecule has 0 aliphatic carbocycles. The molecule has 0 radical (unpaired) electrons. The van der Waals surface area contributed by atoms with E-state index >= 15 is 0 Å². The summed E-state index contributed by atoms with van der Waals surface area (Å²) in [5, 5.41) is 0.908. The number of halogens is 1. The Morgan fingerprint density at radius 2 is 2.30 bits per heavy atom. The highest BCUT2D eigenvalue weighted by Crippen LogP contribution is 2.14. The lowest BCUT2D eigenvalue weighted by Crippen LogP contribution is -1.89. The molecule has 1 rings (SSSR count). The minimum atomic E-state index is 0.410. The van der Waals surface area contributed by atoms with Crippen LogP contribution in [0.5, 0.6) is 0 Å². The number of rotatable bonds is 2. The molecule has 4 heteroatoms. The molecule has 1 heterocycles. The standard InChI is InChI=1S/C6H9ClN2S/c1-4(2)6-8-5(3-7)10-9-6/h4H,3H2,1-2H3. The predicted molar refractivity (Wildman–Crippen MR) is 43.6 cm³/mol. The third kappa shape index (κ3) is 1.67. The molecule has 1 aromatic rings. The van der Waals surface area contributed by atoms with Crippen molar-refractivity contribution in [2.45, 2.75) is 25.6 Å². The van der Waals surface area contributed by atoms with Gasteiger partial charge in [0.1, 0.15) is 10.8 Å². The Morgan fingerprint density at radius 3 is 2.60 bits per heavy atom. The summed E-state index contributed by atoms with van der Waals surface area (Å²) in [5.41, 5.74) is 0. The van der Waals surface area contributed by atoms with Gasteiger partial charge < -0.3 is 0 Å². The average molecular weight is 177 g/mol. The summed E-state index contributed by atoms with van der Waals surface area (Å²) < 4.78 is 4.13. The molecule has 10 heavy (non-hydrogen) atoms. The van der Waals surface area contributed by atoms with Gasteiger partial charge in [0.2, 0.25) is 0 Å². The molecule has 56 valence electrons. The lowest BCUT2D eigenvalue weighted by Gasteiger charge is -1.93. The van der Waals surface area contributed by atoms with E-state index in [9.17, 15) is 0 Å². The Bertz CT molecular complexity index is 209. The molecule has 0 N–H and O–H groups in total. The maximum absolute atomic E-state index is 5.55. The van der Waals surface area contributed by atoms with E-state index in [1.165, 1.54) is 11.5 Å². The first-order valence-corrected chi connectivity index (χ1v) is 4.43. The maximum atomic E-state index is 5.55. The molecule has 0 bridgehead atoms. The maximum Gasteiger partial charge on any atom is 0.145 e. The zero-order valence-electron chi connectivity index (χ0n) is 5.97. The summed E-state index contributed by atoms with van der Waals surface area (Å²) in [6.45, 7) is 4.14. The second-order valence-electron chi connectivity index (χ2n) is 2.33. The van der Waals surface area contributed by atoms with E-state index < -0.39 is 0 Å². The van der Waals surface area contributed by atoms with Crippen LogP contribution in [0.4, 0.5) is 0 Å². The Morgan fingerprint density at radius 1 is 1.60 bits per heavy atom. The molecule has 2 nitrogen and oxygen atoms in total. The molecule has 0 spiro atoms. The summed E-state index contributed by atoms with van der Waals surface area (Å²) >= 11 is 6.94. The summed E-state index contributed by atoms with van der Waals surface area (Å²) in [6, 6.07) is 0. The number of hydrogen-bond donors (Lipinski definition) is 0. The van der Waals surface area contributed by atoms with Gasteiger partial charge in [-0.2, -0.15) is 4.37 Å². The lowest BCUT2D eigenvalue weighted by molar-refractivity contribution is 0.794. The Balaban J connectivity index is 2.78. The third-order valence-electron chi connectivity index (χ3n) is 1.11. The molecule has 1 aromatic heterocycles. The van der Waals surface area contributed by atoms with E-state index in [4.69, 9.17) is 11.6 Å². The number of nitrogens with zero attached hydrogens (tertiary/aromatic N) is 2. The minimum absolute atomic E-state index is 0.410. The van der Waals surface area contributed by atoms with Gasteiger partial charge >= 0.3 is 0 Å². The highest BCUT2D eigenvalue weighted by molar-refractivity contribution is 7.05. The summed E-state index contributed by atoms with van der Waals surface area (Å²) in [5.74, 6) is 1.79. The van der Waals surface area contributed by atoms with Crippen LogP contribution < -0.4 is 0 Å². The monoisotopic (exact) mass is 176 g/mol. The van der Waals surface area contributed by atoms with Crippen molar-refractivity contribution in [3.63, 3.8) is 0 Å². The Labute approximate surface area is 69.4 Å². The first-order chi connectivity index (χ1) is 4.74. The zero-order chi connectivity index (χ0) is 7.56. The number of alkyl halides is 1. The second-order valence-corrected chi connectivity index (χ2v) is 3.44. The topological polar surface area (TPSA) is 25.8 Å². The van der Waals surface area contributed by atoms with Crippen molar-refractivity contribution >= 4 is 23.1 Å². The van der Waals surface area contributed by atoms with Crippen LogP contribution in [0.1, 0.15) is 30.6 Å². The Hall–Kier alpha value is -0.150. The van der Waals surface area contributed by atoms with Crippen molar-refractivity contribution < 1.29 is 0 Å². The van der Waals surface area contributed by atoms with Gasteiger partial charge in [-0.05, 0) is 11.5 Å². The van der Waals surface area contributed by atoms with Gasteiger partial charge in [0, 0.05) is 5.92 Å². The van der Waals surface area contributed by atoms with Gasteiger partial charge in [-0.15, -0.1) is 11.6 Å². The summed E-state index contributed by atoms with van der Waals surface area (Å²) in [7, 11) is 0.